The monoisotopic (exact) mass is 240 g/mol. The molecule has 1 heterocycles. The third-order valence-electron chi connectivity index (χ3n) is 2.64. The van der Waals surface area contributed by atoms with Crippen molar-refractivity contribution in [2.45, 2.75) is 20.0 Å². The molecule has 0 fully saturated rings. The lowest BCUT2D eigenvalue weighted by Crippen LogP contribution is -2.20. The van der Waals surface area contributed by atoms with Crippen molar-refractivity contribution in [3.8, 4) is 5.75 Å². The Kier molecular flexibility index (Phi) is 3.56. The van der Waals surface area contributed by atoms with Gasteiger partial charge in [0.15, 0.2) is 0 Å². The molecule has 0 radical (unpaired) electrons. The molecule has 1 N–H and O–H groups in total. The van der Waals surface area contributed by atoms with Gasteiger partial charge >= 0.3 is 6.61 Å². The van der Waals surface area contributed by atoms with Crippen LogP contribution in [-0.4, -0.2) is 25.5 Å². The minimum atomic E-state index is -2.78. The molecule has 3 nitrogen and oxygen atoms in total. The zero-order chi connectivity index (χ0) is 12.3. The molecule has 0 atom stereocenters. The molecule has 1 aromatic carbocycles. The van der Waals surface area contributed by atoms with E-state index in [0.29, 0.717) is 6.42 Å². The van der Waals surface area contributed by atoms with Crippen molar-refractivity contribution >= 4 is 5.84 Å². The number of ether oxygens (including phenoxy) is 1. The number of alkyl halides is 2. The number of nitrogens with zero attached hydrogens (tertiary/aromatic N) is 1. The maximum atomic E-state index is 12.0. The van der Waals surface area contributed by atoms with Gasteiger partial charge in [-0.15, -0.1) is 0 Å². The number of aryl methyl sites for hydroxylation is 1. The minimum Gasteiger partial charge on any atom is -0.435 e. The van der Waals surface area contributed by atoms with Crippen LogP contribution in [0.4, 0.5) is 8.78 Å². The zero-order valence-corrected chi connectivity index (χ0v) is 9.54. The summed E-state index contributed by atoms with van der Waals surface area (Å²) in [5, 5.41) is 3.18. The fraction of sp³-hybridized carbons (Fsp3) is 0.417. The van der Waals surface area contributed by atoms with Gasteiger partial charge in [-0.2, -0.15) is 8.78 Å². The SMILES string of the molecule is Cc1cc(OC(F)F)ccc1CC1=NCCN1. The van der Waals surface area contributed by atoms with E-state index in [1.54, 1.807) is 18.2 Å². The van der Waals surface area contributed by atoms with Crippen LogP contribution in [0.5, 0.6) is 5.75 Å². The average Bonchev–Trinajstić information content (AvgIpc) is 2.74. The molecular weight excluding hydrogens is 226 g/mol. The highest BCUT2D eigenvalue weighted by molar-refractivity contribution is 5.85. The van der Waals surface area contributed by atoms with Crippen LogP contribution in [0.2, 0.25) is 0 Å². The molecule has 1 aliphatic rings. The molecule has 17 heavy (non-hydrogen) atoms. The Morgan fingerprint density at radius 2 is 2.29 bits per heavy atom. The number of aliphatic imine (C=N–C) groups is 1. The highest BCUT2D eigenvalue weighted by atomic mass is 19.3. The van der Waals surface area contributed by atoms with Crippen molar-refractivity contribution in [1.29, 1.82) is 0 Å². The van der Waals surface area contributed by atoms with Gasteiger partial charge in [0.1, 0.15) is 11.6 Å². The topological polar surface area (TPSA) is 33.6 Å². The van der Waals surface area contributed by atoms with Gasteiger partial charge in [-0.1, -0.05) is 6.07 Å². The van der Waals surface area contributed by atoms with E-state index in [1.807, 2.05) is 6.92 Å². The van der Waals surface area contributed by atoms with E-state index in [4.69, 9.17) is 0 Å². The summed E-state index contributed by atoms with van der Waals surface area (Å²) in [7, 11) is 0. The average molecular weight is 240 g/mol. The van der Waals surface area contributed by atoms with Crippen LogP contribution in [0, 0.1) is 6.92 Å². The number of rotatable bonds is 4. The molecule has 2 rings (SSSR count). The van der Waals surface area contributed by atoms with Crippen molar-refractivity contribution in [3.05, 3.63) is 29.3 Å². The normalized spacial score (nSPS) is 14.7. The lowest BCUT2D eigenvalue weighted by Gasteiger charge is -2.09. The summed E-state index contributed by atoms with van der Waals surface area (Å²) in [6, 6.07) is 4.98. The fourth-order valence-corrected chi connectivity index (χ4v) is 1.79. The number of amidine groups is 1. The largest absolute Gasteiger partial charge is 0.435 e. The van der Waals surface area contributed by atoms with Crippen molar-refractivity contribution in [1.82, 2.24) is 5.32 Å². The summed E-state index contributed by atoms with van der Waals surface area (Å²) in [6.07, 6.45) is 0.709. The molecule has 0 amide bonds. The van der Waals surface area contributed by atoms with E-state index < -0.39 is 6.61 Å². The predicted octanol–water partition coefficient (Wildman–Crippen LogP) is 2.14. The van der Waals surface area contributed by atoms with Gasteiger partial charge in [0.25, 0.3) is 0 Å². The van der Waals surface area contributed by atoms with Gasteiger partial charge in [-0.25, -0.2) is 0 Å². The summed E-state index contributed by atoms with van der Waals surface area (Å²) in [5.74, 6) is 1.15. The zero-order valence-electron chi connectivity index (χ0n) is 9.54. The predicted molar refractivity (Wildman–Crippen MR) is 61.8 cm³/mol. The van der Waals surface area contributed by atoms with Crippen molar-refractivity contribution in [2.24, 2.45) is 4.99 Å². The Bertz CT molecular complexity index is 433. The van der Waals surface area contributed by atoms with Crippen LogP contribution in [0.3, 0.4) is 0 Å². The summed E-state index contributed by atoms with van der Waals surface area (Å²) >= 11 is 0. The van der Waals surface area contributed by atoms with Crippen LogP contribution < -0.4 is 10.1 Å². The lowest BCUT2D eigenvalue weighted by molar-refractivity contribution is -0.0498. The molecule has 1 aromatic rings. The van der Waals surface area contributed by atoms with E-state index >= 15 is 0 Å². The van der Waals surface area contributed by atoms with E-state index in [1.165, 1.54) is 0 Å². The van der Waals surface area contributed by atoms with Crippen LogP contribution in [0.15, 0.2) is 23.2 Å². The smallest absolute Gasteiger partial charge is 0.387 e. The molecule has 0 aliphatic carbocycles. The first kappa shape index (κ1) is 11.8. The molecule has 0 aromatic heterocycles. The molecule has 1 aliphatic heterocycles. The van der Waals surface area contributed by atoms with Gasteiger partial charge < -0.3 is 10.1 Å². The van der Waals surface area contributed by atoms with Crippen LogP contribution in [-0.2, 0) is 6.42 Å². The maximum absolute atomic E-state index is 12.0. The summed E-state index contributed by atoms with van der Waals surface area (Å²) in [6.45, 7) is 0.784. The quantitative estimate of drug-likeness (QED) is 0.874. The van der Waals surface area contributed by atoms with E-state index in [0.717, 1.165) is 30.1 Å². The first-order chi connectivity index (χ1) is 8.15. The lowest BCUT2D eigenvalue weighted by atomic mass is 10.1. The highest BCUT2D eigenvalue weighted by Crippen LogP contribution is 2.19. The van der Waals surface area contributed by atoms with Gasteiger partial charge in [0, 0.05) is 13.0 Å². The third-order valence-corrected chi connectivity index (χ3v) is 2.64. The standard InChI is InChI=1S/C12H14F2N2O/c1-8-6-10(17-12(13)14)3-2-9(8)7-11-15-4-5-16-11/h2-3,6,12H,4-5,7H2,1H3,(H,15,16). The number of halogens is 2. The number of hydrogen-bond donors (Lipinski definition) is 1. The van der Waals surface area contributed by atoms with Crippen molar-refractivity contribution < 1.29 is 13.5 Å². The first-order valence-corrected chi connectivity index (χ1v) is 5.46. The van der Waals surface area contributed by atoms with E-state index in [-0.39, 0.29) is 5.75 Å². The summed E-state index contributed by atoms with van der Waals surface area (Å²) in [5.41, 5.74) is 2.00. The second-order valence-corrected chi connectivity index (χ2v) is 3.90. The first-order valence-electron chi connectivity index (χ1n) is 5.46. The molecule has 0 spiro atoms. The third kappa shape index (κ3) is 3.15. The Morgan fingerprint density at radius 1 is 1.47 bits per heavy atom. The maximum Gasteiger partial charge on any atom is 0.387 e. The van der Waals surface area contributed by atoms with Crippen molar-refractivity contribution in [3.63, 3.8) is 0 Å². The molecule has 0 unspecified atom stereocenters. The Labute approximate surface area is 98.5 Å². The molecule has 0 saturated heterocycles. The molecule has 0 bridgehead atoms. The Balaban J connectivity index is 2.08. The van der Waals surface area contributed by atoms with Gasteiger partial charge in [-0.05, 0) is 30.2 Å². The molecular formula is C12H14F2N2O. The Morgan fingerprint density at radius 3 is 2.88 bits per heavy atom. The van der Waals surface area contributed by atoms with Gasteiger partial charge in [0.2, 0.25) is 0 Å². The Hall–Kier alpha value is -1.65. The van der Waals surface area contributed by atoms with Gasteiger partial charge in [-0.3, -0.25) is 4.99 Å². The van der Waals surface area contributed by atoms with Crippen molar-refractivity contribution in [2.75, 3.05) is 13.1 Å². The minimum absolute atomic E-state index is 0.197. The van der Waals surface area contributed by atoms with Crippen LogP contribution in [0.1, 0.15) is 11.1 Å². The number of hydrogen-bond acceptors (Lipinski definition) is 3. The molecule has 5 heteroatoms. The fourth-order valence-electron chi connectivity index (χ4n) is 1.79. The summed E-state index contributed by atoms with van der Waals surface area (Å²) in [4.78, 5) is 4.30. The second-order valence-electron chi connectivity index (χ2n) is 3.90. The second kappa shape index (κ2) is 5.12. The molecule has 92 valence electrons. The van der Waals surface area contributed by atoms with E-state index in [2.05, 4.69) is 15.0 Å². The van der Waals surface area contributed by atoms with Crippen LogP contribution >= 0.6 is 0 Å². The molecule has 0 saturated carbocycles. The number of benzene rings is 1. The van der Waals surface area contributed by atoms with Gasteiger partial charge in [0.05, 0.1) is 6.54 Å². The number of nitrogens with one attached hydrogen (secondary N) is 1. The highest BCUT2D eigenvalue weighted by Gasteiger charge is 2.10. The van der Waals surface area contributed by atoms with E-state index in [9.17, 15) is 8.78 Å². The summed E-state index contributed by atoms with van der Waals surface area (Å²) < 4.78 is 28.4. The van der Waals surface area contributed by atoms with Crippen LogP contribution in [0.25, 0.3) is 0 Å².